The first-order valence-corrected chi connectivity index (χ1v) is 8.11. The van der Waals surface area contributed by atoms with Gasteiger partial charge in [0.15, 0.2) is 5.11 Å². The van der Waals surface area contributed by atoms with Crippen LogP contribution >= 0.6 is 35.2 Å². The Bertz CT molecular complexity index is 628. The molecule has 110 valence electrons. The molecule has 0 spiro atoms. The Morgan fingerprint density at radius 3 is 2.76 bits per heavy atom. The Hall–Kier alpha value is -1.43. The third-order valence-electron chi connectivity index (χ3n) is 2.81. The standard InChI is InChI=1S/C15H15ClN2OS2/c1-10(9-11-5-4-8-21-11)17-15(20)18-14(19)12-6-2-3-7-13(12)16/h2-8,10H,9H2,1H3,(H2,17,18,19,20)/t10-/m0/s1. The van der Waals surface area contributed by atoms with Crippen LogP contribution in [0.5, 0.6) is 0 Å². The van der Waals surface area contributed by atoms with Gasteiger partial charge in [-0.2, -0.15) is 0 Å². The highest BCUT2D eigenvalue weighted by atomic mass is 35.5. The van der Waals surface area contributed by atoms with Crippen molar-refractivity contribution in [1.82, 2.24) is 10.6 Å². The smallest absolute Gasteiger partial charge is 0.258 e. The van der Waals surface area contributed by atoms with Crippen LogP contribution in [0.3, 0.4) is 0 Å². The van der Waals surface area contributed by atoms with Crippen LogP contribution in [0.25, 0.3) is 0 Å². The first-order valence-electron chi connectivity index (χ1n) is 6.45. The number of nitrogens with one attached hydrogen (secondary N) is 2. The largest absolute Gasteiger partial charge is 0.360 e. The summed E-state index contributed by atoms with van der Waals surface area (Å²) in [7, 11) is 0. The average Bonchev–Trinajstić information content (AvgIpc) is 2.91. The van der Waals surface area contributed by atoms with E-state index in [0.29, 0.717) is 15.7 Å². The van der Waals surface area contributed by atoms with Crippen molar-refractivity contribution in [3.05, 3.63) is 57.2 Å². The van der Waals surface area contributed by atoms with Gasteiger partial charge in [0, 0.05) is 17.3 Å². The molecule has 1 aromatic heterocycles. The molecule has 6 heteroatoms. The van der Waals surface area contributed by atoms with Crippen molar-refractivity contribution in [3.63, 3.8) is 0 Å². The summed E-state index contributed by atoms with van der Waals surface area (Å²) in [6, 6.07) is 11.1. The van der Waals surface area contributed by atoms with Gasteiger partial charge >= 0.3 is 0 Å². The minimum absolute atomic E-state index is 0.141. The molecule has 1 atom stereocenters. The number of carbonyl (C=O) groups excluding carboxylic acids is 1. The monoisotopic (exact) mass is 338 g/mol. The van der Waals surface area contributed by atoms with Gasteiger partial charge in [-0.15, -0.1) is 11.3 Å². The molecule has 2 aromatic rings. The maximum atomic E-state index is 12.1. The molecule has 3 nitrogen and oxygen atoms in total. The quantitative estimate of drug-likeness (QED) is 0.836. The second-order valence-corrected chi connectivity index (χ2v) is 6.44. The van der Waals surface area contributed by atoms with E-state index in [1.54, 1.807) is 35.6 Å². The van der Waals surface area contributed by atoms with Crippen LogP contribution in [-0.2, 0) is 6.42 Å². The fourth-order valence-electron chi connectivity index (χ4n) is 1.86. The maximum Gasteiger partial charge on any atom is 0.258 e. The molecule has 1 aromatic carbocycles. The normalized spacial score (nSPS) is 11.7. The molecule has 1 amide bonds. The van der Waals surface area contributed by atoms with Gasteiger partial charge in [0.25, 0.3) is 5.91 Å². The van der Waals surface area contributed by atoms with Crippen molar-refractivity contribution in [2.24, 2.45) is 0 Å². The zero-order valence-electron chi connectivity index (χ0n) is 11.4. The summed E-state index contributed by atoms with van der Waals surface area (Å²) >= 11 is 12.8. The first-order chi connectivity index (χ1) is 10.1. The fraction of sp³-hybridized carbons (Fsp3) is 0.200. The molecular weight excluding hydrogens is 324 g/mol. The van der Waals surface area contributed by atoms with Crippen LogP contribution in [0.4, 0.5) is 0 Å². The number of thiocarbonyl (C=S) groups is 1. The summed E-state index contributed by atoms with van der Waals surface area (Å²) in [4.78, 5) is 13.3. The van der Waals surface area contributed by atoms with E-state index in [9.17, 15) is 4.79 Å². The highest BCUT2D eigenvalue weighted by Crippen LogP contribution is 2.14. The summed E-state index contributed by atoms with van der Waals surface area (Å²) in [5.41, 5.74) is 0.411. The molecule has 1 heterocycles. The average molecular weight is 339 g/mol. The molecule has 0 aliphatic rings. The maximum absolute atomic E-state index is 12.1. The first kappa shape index (κ1) is 15.9. The highest BCUT2D eigenvalue weighted by molar-refractivity contribution is 7.80. The van der Waals surface area contributed by atoms with E-state index in [-0.39, 0.29) is 11.9 Å². The number of carbonyl (C=O) groups is 1. The Labute approximate surface area is 138 Å². The van der Waals surface area contributed by atoms with E-state index < -0.39 is 0 Å². The summed E-state index contributed by atoms with van der Waals surface area (Å²) in [5, 5.41) is 8.51. The van der Waals surface area contributed by atoms with Crippen molar-refractivity contribution in [2.75, 3.05) is 0 Å². The molecule has 0 saturated carbocycles. The van der Waals surface area contributed by atoms with E-state index >= 15 is 0 Å². The molecule has 0 aliphatic carbocycles. The lowest BCUT2D eigenvalue weighted by molar-refractivity contribution is 0.0976. The third-order valence-corrected chi connectivity index (χ3v) is 4.26. The summed E-state index contributed by atoms with van der Waals surface area (Å²) in [6.45, 7) is 2.02. The van der Waals surface area contributed by atoms with E-state index in [2.05, 4.69) is 16.7 Å². The van der Waals surface area contributed by atoms with E-state index in [1.165, 1.54) is 4.88 Å². The van der Waals surface area contributed by atoms with Crippen molar-refractivity contribution >= 4 is 46.2 Å². The predicted octanol–water partition coefficient (Wildman–Crippen LogP) is 3.64. The zero-order valence-corrected chi connectivity index (χ0v) is 13.8. The Balaban J connectivity index is 1.87. The van der Waals surface area contributed by atoms with Crippen LogP contribution in [0.1, 0.15) is 22.2 Å². The topological polar surface area (TPSA) is 41.1 Å². The molecule has 0 aliphatic heterocycles. The molecule has 0 radical (unpaired) electrons. The summed E-state index contributed by atoms with van der Waals surface area (Å²) < 4.78 is 0. The van der Waals surface area contributed by atoms with Crippen LogP contribution in [0.15, 0.2) is 41.8 Å². The van der Waals surface area contributed by atoms with E-state index in [1.807, 2.05) is 18.4 Å². The van der Waals surface area contributed by atoms with Gasteiger partial charge in [0.2, 0.25) is 0 Å². The second kappa shape index (κ2) is 7.54. The number of halogens is 1. The van der Waals surface area contributed by atoms with Crippen LogP contribution in [0, 0.1) is 0 Å². The van der Waals surface area contributed by atoms with Crippen LogP contribution < -0.4 is 10.6 Å². The number of thiophene rings is 1. The molecular formula is C15H15ClN2OS2. The minimum atomic E-state index is -0.304. The lowest BCUT2D eigenvalue weighted by atomic mass is 10.2. The summed E-state index contributed by atoms with van der Waals surface area (Å²) in [6.07, 6.45) is 0.861. The Kier molecular flexibility index (Phi) is 5.73. The van der Waals surface area contributed by atoms with Crippen molar-refractivity contribution in [3.8, 4) is 0 Å². The van der Waals surface area contributed by atoms with Gasteiger partial charge in [0.05, 0.1) is 10.6 Å². The molecule has 21 heavy (non-hydrogen) atoms. The van der Waals surface area contributed by atoms with Gasteiger partial charge < -0.3 is 5.32 Å². The van der Waals surface area contributed by atoms with Gasteiger partial charge in [0.1, 0.15) is 0 Å². The van der Waals surface area contributed by atoms with Crippen molar-refractivity contribution in [1.29, 1.82) is 0 Å². The molecule has 2 rings (SSSR count). The third kappa shape index (κ3) is 4.81. The van der Waals surface area contributed by atoms with Gasteiger partial charge in [-0.1, -0.05) is 29.8 Å². The molecule has 0 bridgehead atoms. The molecule has 0 unspecified atom stereocenters. The Morgan fingerprint density at radius 2 is 2.10 bits per heavy atom. The van der Waals surface area contributed by atoms with Gasteiger partial charge in [-0.25, -0.2) is 0 Å². The number of benzene rings is 1. The number of rotatable bonds is 4. The van der Waals surface area contributed by atoms with Crippen LogP contribution in [-0.4, -0.2) is 17.1 Å². The van der Waals surface area contributed by atoms with E-state index in [4.69, 9.17) is 23.8 Å². The Morgan fingerprint density at radius 1 is 1.33 bits per heavy atom. The molecule has 2 N–H and O–H groups in total. The van der Waals surface area contributed by atoms with Gasteiger partial charge in [-0.3, -0.25) is 10.1 Å². The molecule has 0 saturated heterocycles. The predicted molar refractivity (Wildman–Crippen MR) is 92.1 cm³/mol. The van der Waals surface area contributed by atoms with Crippen molar-refractivity contribution in [2.45, 2.75) is 19.4 Å². The van der Waals surface area contributed by atoms with Gasteiger partial charge in [-0.05, 0) is 42.7 Å². The SMILES string of the molecule is C[C@@H](Cc1cccs1)NC(=S)NC(=O)c1ccccc1Cl. The number of amides is 1. The minimum Gasteiger partial charge on any atom is -0.360 e. The van der Waals surface area contributed by atoms with E-state index in [0.717, 1.165) is 6.42 Å². The summed E-state index contributed by atoms with van der Waals surface area (Å²) in [5.74, 6) is -0.304. The zero-order chi connectivity index (χ0) is 15.2. The highest BCUT2D eigenvalue weighted by Gasteiger charge is 2.12. The van der Waals surface area contributed by atoms with Crippen molar-refractivity contribution < 1.29 is 4.79 Å². The second-order valence-electron chi connectivity index (χ2n) is 4.59. The number of hydrogen-bond acceptors (Lipinski definition) is 3. The lowest BCUT2D eigenvalue weighted by Gasteiger charge is -2.16. The van der Waals surface area contributed by atoms with Crippen LogP contribution in [0.2, 0.25) is 5.02 Å². The molecule has 0 fully saturated rings. The lowest BCUT2D eigenvalue weighted by Crippen LogP contribution is -2.44. The fourth-order valence-corrected chi connectivity index (χ4v) is 3.21. The number of hydrogen-bond donors (Lipinski definition) is 2.